The summed E-state index contributed by atoms with van der Waals surface area (Å²) in [5.41, 5.74) is 2.16. The molecule has 0 bridgehead atoms. The van der Waals surface area contributed by atoms with Crippen molar-refractivity contribution in [3.05, 3.63) is 101 Å². The van der Waals surface area contributed by atoms with Gasteiger partial charge in [-0.25, -0.2) is 0 Å². The second-order valence-corrected chi connectivity index (χ2v) is 7.92. The van der Waals surface area contributed by atoms with E-state index in [0.717, 1.165) is 10.9 Å². The molecule has 2 heterocycles. The Labute approximate surface area is 188 Å². The minimum atomic E-state index is -0.900. The minimum Gasteiger partial charge on any atom is -0.508 e. The number of para-hydroxylation sites is 1. The van der Waals surface area contributed by atoms with Crippen LogP contribution in [-0.4, -0.2) is 26.9 Å². The number of nitrogens with zero attached hydrogens (tertiary/aromatic N) is 1. The Bertz CT molecular complexity index is 1410. The van der Waals surface area contributed by atoms with Crippen molar-refractivity contribution < 1.29 is 19.8 Å². The predicted octanol–water partition coefficient (Wildman–Crippen LogP) is 5.15. The van der Waals surface area contributed by atoms with Crippen LogP contribution in [0.15, 0.2) is 84.6 Å². The third-order valence-electron chi connectivity index (χ3n) is 5.58. The van der Waals surface area contributed by atoms with Crippen LogP contribution in [-0.2, 0) is 9.59 Å². The van der Waals surface area contributed by atoms with Crippen molar-refractivity contribution in [2.75, 3.05) is 4.90 Å². The minimum absolute atomic E-state index is 0.0366. The van der Waals surface area contributed by atoms with E-state index in [1.165, 1.54) is 17.0 Å². The Hall–Kier alpha value is -4.03. The maximum Gasteiger partial charge on any atom is 0.300 e. The smallest absolute Gasteiger partial charge is 0.300 e. The molecule has 1 aliphatic heterocycles. The summed E-state index contributed by atoms with van der Waals surface area (Å²) in [6.45, 7) is 0. The molecule has 1 saturated heterocycles. The number of aromatic nitrogens is 1. The first-order chi connectivity index (χ1) is 15.5. The molecule has 6 nitrogen and oxygen atoms in total. The fraction of sp³-hybridized carbons (Fsp3) is 0.0400. The molecule has 0 spiro atoms. The first-order valence-corrected chi connectivity index (χ1v) is 10.3. The first-order valence-electron chi connectivity index (χ1n) is 9.87. The SMILES string of the molecule is O=C1C(=O)N(c2cccc(Cl)c2)C(c2ccc(O)cc2)/C1=C(/O)c1c[nH]c2ccccc12. The highest BCUT2D eigenvalue weighted by atomic mass is 35.5. The summed E-state index contributed by atoms with van der Waals surface area (Å²) in [4.78, 5) is 30.7. The number of fused-ring (bicyclic) bond motifs is 1. The van der Waals surface area contributed by atoms with Crippen LogP contribution in [0.5, 0.6) is 5.75 Å². The van der Waals surface area contributed by atoms with Gasteiger partial charge in [-0.05, 0) is 42.0 Å². The molecule has 1 atom stereocenters. The molecule has 3 aromatic carbocycles. The van der Waals surface area contributed by atoms with Gasteiger partial charge in [0.25, 0.3) is 11.7 Å². The number of hydrogen-bond donors (Lipinski definition) is 3. The molecule has 1 aromatic heterocycles. The molecule has 158 valence electrons. The number of H-pyrrole nitrogens is 1. The van der Waals surface area contributed by atoms with E-state index in [4.69, 9.17) is 11.6 Å². The van der Waals surface area contributed by atoms with Gasteiger partial charge in [-0.2, -0.15) is 0 Å². The van der Waals surface area contributed by atoms with Crippen LogP contribution in [0.3, 0.4) is 0 Å². The van der Waals surface area contributed by atoms with Crippen molar-refractivity contribution in [1.82, 2.24) is 4.98 Å². The number of phenols is 1. The molecule has 0 saturated carbocycles. The number of aromatic amines is 1. The number of ketones is 1. The van der Waals surface area contributed by atoms with Crippen LogP contribution in [0.1, 0.15) is 17.2 Å². The van der Waals surface area contributed by atoms with Crippen molar-refractivity contribution in [1.29, 1.82) is 0 Å². The summed E-state index contributed by atoms with van der Waals surface area (Å²) in [5, 5.41) is 22.2. The molecule has 1 amide bonds. The van der Waals surface area contributed by atoms with E-state index in [9.17, 15) is 19.8 Å². The van der Waals surface area contributed by atoms with Gasteiger partial charge in [-0.3, -0.25) is 14.5 Å². The van der Waals surface area contributed by atoms with Gasteiger partial charge in [0.2, 0.25) is 0 Å². The number of aliphatic hydroxyl groups is 1. The van der Waals surface area contributed by atoms with Gasteiger partial charge in [-0.15, -0.1) is 0 Å². The summed E-state index contributed by atoms with van der Waals surface area (Å²) in [6.07, 6.45) is 1.61. The van der Waals surface area contributed by atoms with E-state index in [0.29, 0.717) is 21.8 Å². The van der Waals surface area contributed by atoms with Crippen LogP contribution in [0.25, 0.3) is 16.7 Å². The van der Waals surface area contributed by atoms with Gasteiger partial charge < -0.3 is 15.2 Å². The lowest BCUT2D eigenvalue weighted by Gasteiger charge is -2.25. The van der Waals surface area contributed by atoms with Gasteiger partial charge in [0.1, 0.15) is 11.5 Å². The maximum absolute atomic E-state index is 13.2. The number of Topliss-reactive ketones (excluding diaryl/α,β-unsaturated/α-hetero) is 1. The lowest BCUT2D eigenvalue weighted by atomic mass is 9.95. The van der Waals surface area contributed by atoms with Crippen molar-refractivity contribution in [2.24, 2.45) is 0 Å². The average molecular weight is 445 g/mol. The molecule has 0 radical (unpaired) electrons. The summed E-state index contributed by atoms with van der Waals surface area (Å²) < 4.78 is 0. The van der Waals surface area contributed by atoms with E-state index < -0.39 is 17.7 Å². The number of carbonyl (C=O) groups is 2. The second-order valence-electron chi connectivity index (χ2n) is 7.49. The van der Waals surface area contributed by atoms with Gasteiger partial charge in [0, 0.05) is 33.4 Å². The highest BCUT2D eigenvalue weighted by Gasteiger charge is 2.47. The van der Waals surface area contributed by atoms with Crippen LogP contribution in [0.2, 0.25) is 5.02 Å². The molecule has 7 heteroatoms. The zero-order valence-electron chi connectivity index (χ0n) is 16.6. The second kappa shape index (κ2) is 7.59. The van der Waals surface area contributed by atoms with E-state index >= 15 is 0 Å². The number of aliphatic hydroxyl groups excluding tert-OH is 1. The number of phenolic OH excluding ortho intramolecular Hbond substituents is 1. The molecule has 1 aliphatic rings. The Morgan fingerprint density at radius 1 is 0.969 bits per heavy atom. The van der Waals surface area contributed by atoms with Crippen LogP contribution < -0.4 is 4.90 Å². The number of benzene rings is 3. The predicted molar refractivity (Wildman–Crippen MR) is 123 cm³/mol. The summed E-state index contributed by atoms with van der Waals surface area (Å²) in [6, 6.07) is 19.3. The van der Waals surface area contributed by atoms with Crippen LogP contribution >= 0.6 is 11.6 Å². The third-order valence-corrected chi connectivity index (χ3v) is 5.82. The number of halogens is 1. The lowest BCUT2D eigenvalue weighted by molar-refractivity contribution is -0.132. The Morgan fingerprint density at radius 2 is 1.72 bits per heavy atom. The molecule has 1 fully saturated rings. The number of anilines is 1. The van der Waals surface area contributed by atoms with Crippen molar-refractivity contribution in [3.8, 4) is 5.75 Å². The fourth-order valence-electron chi connectivity index (χ4n) is 4.11. The number of aromatic hydroxyl groups is 1. The molecule has 32 heavy (non-hydrogen) atoms. The quantitative estimate of drug-likeness (QED) is 0.231. The van der Waals surface area contributed by atoms with E-state index in [1.54, 1.807) is 42.6 Å². The zero-order valence-corrected chi connectivity index (χ0v) is 17.4. The molecular weight excluding hydrogens is 428 g/mol. The van der Waals surface area contributed by atoms with Crippen molar-refractivity contribution in [3.63, 3.8) is 0 Å². The van der Waals surface area contributed by atoms with Crippen molar-refractivity contribution in [2.45, 2.75) is 6.04 Å². The first kappa shape index (κ1) is 19.9. The Balaban J connectivity index is 1.76. The van der Waals surface area contributed by atoms with Gasteiger partial charge >= 0.3 is 0 Å². The number of nitrogens with one attached hydrogen (secondary N) is 1. The van der Waals surface area contributed by atoms with Crippen molar-refractivity contribution >= 4 is 45.6 Å². The molecule has 0 aliphatic carbocycles. The number of rotatable bonds is 3. The van der Waals surface area contributed by atoms with E-state index in [2.05, 4.69) is 4.98 Å². The van der Waals surface area contributed by atoms with Crippen LogP contribution in [0.4, 0.5) is 5.69 Å². The average Bonchev–Trinajstić information content (AvgIpc) is 3.33. The molecular formula is C25H17ClN2O4. The molecule has 5 rings (SSSR count). The summed E-state index contributed by atoms with van der Waals surface area (Å²) in [5.74, 6) is -1.80. The maximum atomic E-state index is 13.2. The van der Waals surface area contributed by atoms with E-state index in [1.807, 2.05) is 24.3 Å². The van der Waals surface area contributed by atoms with Crippen LogP contribution in [0, 0.1) is 0 Å². The lowest BCUT2D eigenvalue weighted by Crippen LogP contribution is -2.29. The zero-order chi connectivity index (χ0) is 22.4. The van der Waals surface area contributed by atoms with Gasteiger partial charge in [0.15, 0.2) is 0 Å². The standard InChI is InChI=1S/C25H17ClN2O4/c26-15-4-3-5-16(12-15)28-22(14-8-10-17(29)11-9-14)21(24(31)25(28)32)23(30)19-13-27-20-7-2-1-6-18(19)20/h1-13,22,27,29-30H/b23-21-. The molecule has 1 unspecified atom stereocenters. The number of amides is 1. The Kier molecular flexibility index (Phi) is 4.72. The number of hydrogen-bond acceptors (Lipinski definition) is 4. The van der Waals surface area contributed by atoms with E-state index in [-0.39, 0.29) is 17.1 Å². The fourth-order valence-corrected chi connectivity index (χ4v) is 4.29. The largest absolute Gasteiger partial charge is 0.508 e. The topological polar surface area (TPSA) is 93.6 Å². The number of carbonyl (C=O) groups excluding carboxylic acids is 2. The molecule has 3 N–H and O–H groups in total. The summed E-state index contributed by atoms with van der Waals surface area (Å²) >= 11 is 6.15. The monoisotopic (exact) mass is 444 g/mol. The summed E-state index contributed by atoms with van der Waals surface area (Å²) in [7, 11) is 0. The highest BCUT2D eigenvalue weighted by Crippen LogP contribution is 2.43. The van der Waals surface area contributed by atoms with Gasteiger partial charge in [-0.1, -0.05) is 48.0 Å². The Morgan fingerprint density at radius 3 is 2.47 bits per heavy atom. The normalized spacial score (nSPS) is 17.9. The molecule has 4 aromatic rings. The highest BCUT2D eigenvalue weighted by molar-refractivity contribution is 6.52. The third kappa shape index (κ3) is 3.13. The van der Waals surface area contributed by atoms with Gasteiger partial charge in [0.05, 0.1) is 11.6 Å².